The molecule has 1 fully saturated rings. The Labute approximate surface area is 106 Å². The van der Waals surface area contributed by atoms with Crippen LogP contribution in [-0.4, -0.2) is 0 Å². The molecule has 0 bridgehead atoms. The van der Waals surface area contributed by atoms with Crippen molar-refractivity contribution in [2.24, 2.45) is 0 Å². The van der Waals surface area contributed by atoms with E-state index in [1.54, 1.807) is 0 Å². The Bertz CT molecular complexity index is 482. The van der Waals surface area contributed by atoms with Crippen LogP contribution in [0.5, 0.6) is 0 Å². The number of piperidine rings is 1. The van der Waals surface area contributed by atoms with Crippen LogP contribution in [0.1, 0.15) is 36.8 Å². The molecule has 1 saturated heterocycles. The fraction of sp³-hybridized carbons (Fsp3) is 0.333. The molecule has 3 heteroatoms. The van der Waals surface area contributed by atoms with Gasteiger partial charge in [-0.1, -0.05) is 20.1 Å². The van der Waals surface area contributed by atoms with Crippen molar-refractivity contribution >= 4 is 0 Å². The summed E-state index contributed by atoms with van der Waals surface area (Å²) in [5.41, 5.74) is 2.26. The van der Waals surface area contributed by atoms with Crippen LogP contribution in [-0.2, 0) is 6.42 Å². The van der Waals surface area contributed by atoms with E-state index in [4.69, 9.17) is 0 Å². The van der Waals surface area contributed by atoms with Crippen LogP contribution in [0, 0.1) is 11.6 Å². The third-order valence-corrected chi connectivity index (χ3v) is 3.39. The average Bonchev–Trinajstić information content (AvgIpc) is 2.30. The van der Waals surface area contributed by atoms with Crippen LogP contribution in [0.25, 0.3) is 0 Å². The van der Waals surface area contributed by atoms with Gasteiger partial charge in [0.05, 0.1) is 0 Å². The summed E-state index contributed by atoms with van der Waals surface area (Å²) in [5, 5.41) is 2.99. The van der Waals surface area contributed by atoms with Crippen molar-refractivity contribution in [3.05, 3.63) is 59.4 Å². The first-order chi connectivity index (χ1) is 8.52. The summed E-state index contributed by atoms with van der Waals surface area (Å²) in [5.74, 6) is -1.28. The number of benzene rings is 1. The van der Waals surface area contributed by atoms with Gasteiger partial charge in [0.15, 0.2) is 0 Å². The summed E-state index contributed by atoms with van der Waals surface area (Å²) >= 11 is 0. The molecule has 0 saturated carbocycles. The molecule has 18 heavy (non-hydrogen) atoms. The molecule has 96 valence electrons. The third-order valence-electron chi connectivity index (χ3n) is 3.39. The lowest BCUT2D eigenvalue weighted by Crippen LogP contribution is -2.24. The number of allylic oxidation sites excluding steroid dienone is 2. The number of nitrogens with one attached hydrogen (secondary N) is 1. The number of halogens is 2. The standard InChI is InChI=1S/C15H17F2N/c1-4-11-7-13(16)15(14(17)8-11)12-6-5-9(2)18-10(12)3/h7-8,12,18H,2-6H2,1H3. The highest BCUT2D eigenvalue weighted by atomic mass is 19.1. The van der Waals surface area contributed by atoms with E-state index in [9.17, 15) is 8.78 Å². The monoisotopic (exact) mass is 249 g/mol. The Morgan fingerprint density at radius 1 is 1.28 bits per heavy atom. The fourth-order valence-electron chi connectivity index (χ4n) is 2.36. The van der Waals surface area contributed by atoms with E-state index in [1.165, 1.54) is 12.1 Å². The minimum absolute atomic E-state index is 0.122. The second-order valence-electron chi connectivity index (χ2n) is 4.67. The Kier molecular flexibility index (Phi) is 3.50. The second kappa shape index (κ2) is 4.92. The lowest BCUT2D eigenvalue weighted by Gasteiger charge is -2.28. The molecule has 1 aromatic rings. The maximum atomic E-state index is 14.0. The van der Waals surface area contributed by atoms with E-state index in [1.807, 2.05) is 6.92 Å². The van der Waals surface area contributed by atoms with Gasteiger partial charge in [0, 0.05) is 22.9 Å². The van der Waals surface area contributed by atoms with Crippen molar-refractivity contribution in [2.75, 3.05) is 0 Å². The Morgan fingerprint density at radius 2 is 1.89 bits per heavy atom. The maximum Gasteiger partial charge on any atom is 0.130 e. The lowest BCUT2D eigenvalue weighted by molar-refractivity contribution is 0.501. The predicted molar refractivity (Wildman–Crippen MR) is 69.1 cm³/mol. The van der Waals surface area contributed by atoms with Crippen molar-refractivity contribution in [1.82, 2.24) is 5.32 Å². The van der Waals surface area contributed by atoms with Crippen molar-refractivity contribution in [3.8, 4) is 0 Å². The van der Waals surface area contributed by atoms with Gasteiger partial charge in [-0.2, -0.15) is 0 Å². The van der Waals surface area contributed by atoms with Gasteiger partial charge in [0.1, 0.15) is 11.6 Å². The number of hydrogen-bond donors (Lipinski definition) is 1. The molecule has 1 aliphatic heterocycles. The van der Waals surface area contributed by atoms with Gasteiger partial charge in [-0.25, -0.2) is 8.78 Å². The number of rotatable bonds is 2. The zero-order valence-corrected chi connectivity index (χ0v) is 10.5. The smallest absolute Gasteiger partial charge is 0.130 e. The molecule has 0 spiro atoms. The first-order valence-corrected chi connectivity index (χ1v) is 6.14. The molecule has 1 heterocycles. The SMILES string of the molecule is C=C1CCC(c2c(F)cc(CC)cc2F)C(=C)N1. The van der Waals surface area contributed by atoms with E-state index in [0.717, 1.165) is 5.70 Å². The van der Waals surface area contributed by atoms with Crippen LogP contribution in [0.15, 0.2) is 36.7 Å². The third kappa shape index (κ3) is 2.30. The normalized spacial score (nSPS) is 19.8. The quantitative estimate of drug-likeness (QED) is 0.834. The van der Waals surface area contributed by atoms with Gasteiger partial charge in [-0.05, 0) is 37.0 Å². The highest BCUT2D eigenvalue weighted by Gasteiger charge is 2.26. The van der Waals surface area contributed by atoms with Crippen molar-refractivity contribution in [2.45, 2.75) is 32.1 Å². The average molecular weight is 249 g/mol. The molecule has 0 aromatic heterocycles. The zero-order valence-electron chi connectivity index (χ0n) is 10.5. The molecule has 1 aromatic carbocycles. The van der Waals surface area contributed by atoms with E-state index in [2.05, 4.69) is 18.5 Å². The fourth-order valence-corrected chi connectivity index (χ4v) is 2.36. The van der Waals surface area contributed by atoms with Gasteiger partial charge in [-0.15, -0.1) is 0 Å². The van der Waals surface area contributed by atoms with Gasteiger partial charge in [0.2, 0.25) is 0 Å². The van der Waals surface area contributed by atoms with Crippen LogP contribution < -0.4 is 5.32 Å². The number of hydrogen-bond acceptors (Lipinski definition) is 1. The molecular weight excluding hydrogens is 232 g/mol. The molecule has 1 atom stereocenters. The number of aryl methyl sites for hydroxylation is 1. The Morgan fingerprint density at radius 3 is 2.39 bits per heavy atom. The minimum atomic E-state index is -0.479. The molecule has 2 rings (SSSR count). The first-order valence-electron chi connectivity index (χ1n) is 6.14. The van der Waals surface area contributed by atoms with E-state index in [-0.39, 0.29) is 11.5 Å². The van der Waals surface area contributed by atoms with Crippen LogP contribution >= 0.6 is 0 Å². The molecule has 0 aliphatic carbocycles. The summed E-state index contributed by atoms with van der Waals surface area (Å²) in [6.07, 6.45) is 1.97. The van der Waals surface area contributed by atoms with Gasteiger partial charge < -0.3 is 5.32 Å². The Balaban J connectivity index is 2.39. The van der Waals surface area contributed by atoms with Crippen LogP contribution in [0.2, 0.25) is 0 Å². The second-order valence-corrected chi connectivity index (χ2v) is 4.67. The zero-order chi connectivity index (χ0) is 13.3. The summed E-state index contributed by atoms with van der Waals surface area (Å²) in [6.45, 7) is 9.52. The molecule has 0 amide bonds. The molecule has 1 nitrogen and oxygen atoms in total. The first kappa shape index (κ1) is 12.8. The molecule has 1 aliphatic rings. The van der Waals surface area contributed by atoms with Crippen molar-refractivity contribution in [3.63, 3.8) is 0 Å². The van der Waals surface area contributed by atoms with Crippen LogP contribution in [0.4, 0.5) is 8.78 Å². The van der Waals surface area contributed by atoms with Crippen LogP contribution in [0.3, 0.4) is 0 Å². The van der Waals surface area contributed by atoms with Gasteiger partial charge in [-0.3, -0.25) is 0 Å². The Hall–Kier alpha value is -1.64. The maximum absolute atomic E-state index is 14.0. The highest BCUT2D eigenvalue weighted by molar-refractivity contribution is 5.35. The lowest BCUT2D eigenvalue weighted by atomic mass is 9.86. The van der Waals surface area contributed by atoms with E-state index >= 15 is 0 Å². The molecule has 1 N–H and O–H groups in total. The van der Waals surface area contributed by atoms with Gasteiger partial charge in [0.25, 0.3) is 0 Å². The topological polar surface area (TPSA) is 12.0 Å². The van der Waals surface area contributed by atoms with Gasteiger partial charge >= 0.3 is 0 Å². The highest BCUT2D eigenvalue weighted by Crippen LogP contribution is 2.35. The van der Waals surface area contributed by atoms with E-state index < -0.39 is 11.6 Å². The molecular formula is C15H17F2N. The molecule has 1 unspecified atom stereocenters. The van der Waals surface area contributed by atoms with Crippen molar-refractivity contribution < 1.29 is 8.78 Å². The predicted octanol–water partition coefficient (Wildman–Crippen LogP) is 4.02. The van der Waals surface area contributed by atoms with Crippen molar-refractivity contribution in [1.29, 1.82) is 0 Å². The summed E-state index contributed by atoms with van der Waals surface area (Å²) in [7, 11) is 0. The summed E-state index contributed by atoms with van der Waals surface area (Å²) < 4.78 is 28.0. The minimum Gasteiger partial charge on any atom is -0.363 e. The summed E-state index contributed by atoms with van der Waals surface area (Å²) in [4.78, 5) is 0. The molecule has 0 radical (unpaired) electrons. The summed E-state index contributed by atoms with van der Waals surface area (Å²) in [6, 6.07) is 2.82. The largest absolute Gasteiger partial charge is 0.363 e. The van der Waals surface area contributed by atoms with E-state index in [0.29, 0.717) is 30.5 Å².